The second-order valence-electron chi connectivity index (χ2n) is 5.80. The number of hydrogen-bond acceptors (Lipinski definition) is 2. The van der Waals surface area contributed by atoms with E-state index in [1.807, 2.05) is 6.20 Å². The third kappa shape index (κ3) is 3.21. The summed E-state index contributed by atoms with van der Waals surface area (Å²) in [6.07, 6.45) is 5.74. The SMILES string of the molecule is Cc1cc(Br)cnc1N1CCCC(C)(C)CC1. The molecule has 0 saturated carbocycles. The second-order valence-corrected chi connectivity index (χ2v) is 6.71. The fourth-order valence-corrected chi connectivity index (χ4v) is 2.94. The van der Waals surface area contributed by atoms with Gasteiger partial charge in [0, 0.05) is 23.8 Å². The van der Waals surface area contributed by atoms with E-state index < -0.39 is 0 Å². The third-order valence-electron chi connectivity index (χ3n) is 3.66. The third-order valence-corrected chi connectivity index (χ3v) is 4.09. The first-order valence-electron chi connectivity index (χ1n) is 6.35. The van der Waals surface area contributed by atoms with Gasteiger partial charge >= 0.3 is 0 Å². The Kier molecular flexibility index (Phi) is 3.76. The van der Waals surface area contributed by atoms with Crippen molar-refractivity contribution in [1.29, 1.82) is 0 Å². The first-order chi connectivity index (χ1) is 7.98. The van der Waals surface area contributed by atoms with Gasteiger partial charge in [-0.1, -0.05) is 13.8 Å². The summed E-state index contributed by atoms with van der Waals surface area (Å²) >= 11 is 3.47. The van der Waals surface area contributed by atoms with Crippen LogP contribution in [0.4, 0.5) is 5.82 Å². The van der Waals surface area contributed by atoms with Crippen molar-refractivity contribution in [3.63, 3.8) is 0 Å². The number of anilines is 1. The molecule has 2 heterocycles. The number of aryl methyl sites for hydroxylation is 1. The highest BCUT2D eigenvalue weighted by Gasteiger charge is 2.24. The summed E-state index contributed by atoms with van der Waals surface area (Å²) in [5, 5.41) is 0. The van der Waals surface area contributed by atoms with E-state index in [0.29, 0.717) is 5.41 Å². The van der Waals surface area contributed by atoms with Crippen LogP contribution < -0.4 is 4.90 Å². The molecule has 94 valence electrons. The Bertz CT molecular complexity index is 401. The van der Waals surface area contributed by atoms with E-state index in [4.69, 9.17) is 0 Å². The number of halogens is 1. The molecule has 0 N–H and O–H groups in total. The van der Waals surface area contributed by atoms with Gasteiger partial charge in [0.05, 0.1) is 0 Å². The Morgan fingerprint density at radius 3 is 2.76 bits per heavy atom. The molecule has 1 aromatic rings. The molecule has 2 rings (SSSR count). The maximum absolute atomic E-state index is 4.57. The van der Waals surface area contributed by atoms with E-state index in [9.17, 15) is 0 Å². The Hall–Kier alpha value is -0.570. The van der Waals surface area contributed by atoms with E-state index in [2.05, 4.69) is 52.7 Å². The van der Waals surface area contributed by atoms with E-state index in [1.54, 1.807) is 0 Å². The molecule has 0 unspecified atom stereocenters. The lowest BCUT2D eigenvalue weighted by molar-refractivity contribution is 0.325. The highest BCUT2D eigenvalue weighted by molar-refractivity contribution is 9.10. The molecule has 0 spiro atoms. The Balaban J connectivity index is 2.17. The highest BCUT2D eigenvalue weighted by atomic mass is 79.9. The molecule has 17 heavy (non-hydrogen) atoms. The quantitative estimate of drug-likeness (QED) is 0.773. The van der Waals surface area contributed by atoms with Crippen LogP contribution in [0.5, 0.6) is 0 Å². The van der Waals surface area contributed by atoms with Gasteiger partial charge in [-0.3, -0.25) is 0 Å². The molecule has 1 aliphatic heterocycles. The van der Waals surface area contributed by atoms with Crippen molar-refractivity contribution in [3.05, 3.63) is 22.3 Å². The minimum atomic E-state index is 0.484. The minimum Gasteiger partial charge on any atom is -0.356 e. The normalized spacial score (nSPS) is 20.1. The molecule has 1 saturated heterocycles. The van der Waals surface area contributed by atoms with Crippen molar-refractivity contribution in [2.45, 2.75) is 40.0 Å². The molecule has 1 fully saturated rings. The smallest absolute Gasteiger partial charge is 0.131 e. The summed E-state index contributed by atoms with van der Waals surface area (Å²) in [6, 6.07) is 2.15. The molecule has 0 radical (unpaired) electrons. The second kappa shape index (κ2) is 4.97. The van der Waals surface area contributed by atoms with E-state index in [1.165, 1.54) is 24.8 Å². The van der Waals surface area contributed by atoms with Gasteiger partial charge in [0.1, 0.15) is 5.82 Å². The molecular formula is C14H21BrN2. The van der Waals surface area contributed by atoms with Crippen molar-refractivity contribution < 1.29 is 0 Å². The molecule has 1 aromatic heterocycles. The number of pyridine rings is 1. The van der Waals surface area contributed by atoms with Gasteiger partial charge < -0.3 is 4.90 Å². The number of rotatable bonds is 1. The van der Waals surface area contributed by atoms with Crippen molar-refractivity contribution in [3.8, 4) is 0 Å². The van der Waals surface area contributed by atoms with Crippen LogP contribution in [0, 0.1) is 12.3 Å². The van der Waals surface area contributed by atoms with Crippen LogP contribution in [-0.4, -0.2) is 18.1 Å². The molecule has 3 heteroatoms. The van der Waals surface area contributed by atoms with Crippen LogP contribution >= 0.6 is 15.9 Å². The summed E-state index contributed by atoms with van der Waals surface area (Å²) in [6.45, 7) is 9.15. The maximum atomic E-state index is 4.57. The summed E-state index contributed by atoms with van der Waals surface area (Å²) in [7, 11) is 0. The fraction of sp³-hybridized carbons (Fsp3) is 0.643. The molecule has 0 aromatic carbocycles. The Morgan fingerprint density at radius 2 is 2.06 bits per heavy atom. The minimum absolute atomic E-state index is 0.484. The van der Waals surface area contributed by atoms with Crippen molar-refractivity contribution >= 4 is 21.7 Å². The number of hydrogen-bond donors (Lipinski definition) is 0. The summed E-state index contributed by atoms with van der Waals surface area (Å²) in [5.41, 5.74) is 1.75. The van der Waals surface area contributed by atoms with Crippen LogP contribution in [0.15, 0.2) is 16.7 Å². The largest absolute Gasteiger partial charge is 0.356 e. The molecular weight excluding hydrogens is 276 g/mol. The van der Waals surface area contributed by atoms with Gasteiger partial charge in [-0.15, -0.1) is 0 Å². The zero-order valence-electron chi connectivity index (χ0n) is 11.0. The van der Waals surface area contributed by atoms with Gasteiger partial charge in [-0.2, -0.15) is 0 Å². The van der Waals surface area contributed by atoms with Crippen LogP contribution in [-0.2, 0) is 0 Å². The molecule has 0 bridgehead atoms. The number of nitrogens with zero attached hydrogens (tertiary/aromatic N) is 2. The first kappa shape index (κ1) is 12.9. The van der Waals surface area contributed by atoms with Gasteiger partial charge in [0.15, 0.2) is 0 Å². The zero-order chi connectivity index (χ0) is 12.5. The van der Waals surface area contributed by atoms with Gasteiger partial charge in [-0.05, 0) is 59.2 Å². The van der Waals surface area contributed by atoms with Crippen molar-refractivity contribution in [2.24, 2.45) is 5.41 Å². The average Bonchev–Trinajstić information content (AvgIpc) is 2.40. The van der Waals surface area contributed by atoms with Crippen LogP contribution in [0.25, 0.3) is 0 Å². The van der Waals surface area contributed by atoms with Gasteiger partial charge in [0.2, 0.25) is 0 Å². The standard InChI is InChI=1S/C14H21BrN2/c1-11-9-12(15)10-16-13(11)17-7-4-5-14(2,3)6-8-17/h9-10H,4-8H2,1-3H3. The molecule has 2 nitrogen and oxygen atoms in total. The van der Waals surface area contributed by atoms with Crippen LogP contribution in [0.1, 0.15) is 38.7 Å². The van der Waals surface area contributed by atoms with Gasteiger partial charge in [0.25, 0.3) is 0 Å². The lowest BCUT2D eigenvalue weighted by Gasteiger charge is -2.25. The predicted molar refractivity (Wildman–Crippen MR) is 76.5 cm³/mol. The van der Waals surface area contributed by atoms with E-state index >= 15 is 0 Å². The summed E-state index contributed by atoms with van der Waals surface area (Å²) < 4.78 is 1.06. The monoisotopic (exact) mass is 296 g/mol. The summed E-state index contributed by atoms with van der Waals surface area (Å²) in [4.78, 5) is 7.01. The molecule has 0 aliphatic carbocycles. The first-order valence-corrected chi connectivity index (χ1v) is 7.14. The average molecular weight is 297 g/mol. The van der Waals surface area contributed by atoms with Crippen LogP contribution in [0.3, 0.4) is 0 Å². The lowest BCUT2D eigenvalue weighted by Crippen LogP contribution is -2.26. The molecule has 1 aliphatic rings. The maximum Gasteiger partial charge on any atom is 0.131 e. The topological polar surface area (TPSA) is 16.1 Å². The predicted octanol–water partition coefficient (Wildman–Crippen LogP) is 4.17. The van der Waals surface area contributed by atoms with Crippen molar-refractivity contribution in [1.82, 2.24) is 4.98 Å². The molecule has 0 atom stereocenters. The van der Waals surface area contributed by atoms with Crippen LogP contribution in [0.2, 0.25) is 0 Å². The highest BCUT2D eigenvalue weighted by Crippen LogP contribution is 2.32. The van der Waals surface area contributed by atoms with Crippen molar-refractivity contribution in [2.75, 3.05) is 18.0 Å². The summed E-state index contributed by atoms with van der Waals surface area (Å²) in [5.74, 6) is 1.16. The lowest BCUT2D eigenvalue weighted by atomic mass is 9.85. The Labute approximate surface area is 113 Å². The fourth-order valence-electron chi connectivity index (χ4n) is 2.50. The molecule has 0 amide bonds. The number of aromatic nitrogens is 1. The Morgan fingerprint density at radius 1 is 1.29 bits per heavy atom. The van der Waals surface area contributed by atoms with Gasteiger partial charge in [-0.25, -0.2) is 4.98 Å². The van der Waals surface area contributed by atoms with E-state index in [-0.39, 0.29) is 0 Å². The zero-order valence-corrected chi connectivity index (χ0v) is 12.5. The van der Waals surface area contributed by atoms with E-state index in [0.717, 1.165) is 23.4 Å².